The predicted molar refractivity (Wildman–Crippen MR) is 102 cm³/mol. The van der Waals surface area contributed by atoms with Gasteiger partial charge in [-0.3, -0.25) is 9.20 Å². The Hall–Kier alpha value is -3.33. The first kappa shape index (κ1) is 18.1. The highest BCUT2D eigenvalue weighted by Crippen LogP contribution is 2.18. The molecule has 1 atom stereocenters. The number of pyridine rings is 1. The molecular formula is C18H17ClN8O. The van der Waals surface area contributed by atoms with Gasteiger partial charge in [0.15, 0.2) is 17.5 Å². The van der Waals surface area contributed by atoms with Gasteiger partial charge in [0.1, 0.15) is 0 Å². The van der Waals surface area contributed by atoms with Crippen LogP contribution in [0.4, 0.5) is 0 Å². The van der Waals surface area contributed by atoms with Crippen molar-refractivity contribution in [1.82, 2.24) is 40.1 Å². The summed E-state index contributed by atoms with van der Waals surface area (Å²) < 4.78 is 1.83. The second-order valence-corrected chi connectivity index (χ2v) is 6.56. The average Bonchev–Trinajstić information content (AvgIpc) is 3.35. The van der Waals surface area contributed by atoms with E-state index in [1.54, 1.807) is 24.3 Å². The molecule has 3 heterocycles. The number of aromatic nitrogens is 7. The molecule has 0 aliphatic heterocycles. The number of halogens is 1. The van der Waals surface area contributed by atoms with Crippen LogP contribution in [0.15, 0.2) is 48.7 Å². The molecule has 0 unspecified atom stereocenters. The number of benzene rings is 1. The first-order valence-corrected chi connectivity index (χ1v) is 9.15. The van der Waals surface area contributed by atoms with Crippen molar-refractivity contribution in [1.29, 1.82) is 0 Å². The lowest BCUT2D eigenvalue weighted by Crippen LogP contribution is -2.33. The van der Waals surface area contributed by atoms with Crippen LogP contribution in [0.25, 0.3) is 17.0 Å². The largest absolute Gasteiger partial charge is 0.347 e. The Balaban J connectivity index is 1.47. The third-order valence-corrected chi connectivity index (χ3v) is 4.56. The summed E-state index contributed by atoms with van der Waals surface area (Å²) in [4.78, 5) is 14.0. The zero-order valence-corrected chi connectivity index (χ0v) is 15.8. The van der Waals surface area contributed by atoms with Crippen LogP contribution < -0.4 is 5.32 Å². The van der Waals surface area contributed by atoms with Crippen LogP contribution >= 0.6 is 11.6 Å². The molecule has 0 saturated carbocycles. The Morgan fingerprint density at radius 1 is 1.14 bits per heavy atom. The molecule has 0 spiro atoms. The molecule has 1 N–H and O–H groups in total. The van der Waals surface area contributed by atoms with E-state index < -0.39 is 6.04 Å². The van der Waals surface area contributed by atoms with Crippen molar-refractivity contribution in [2.24, 2.45) is 0 Å². The van der Waals surface area contributed by atoms with Crippen molar-refractivity contribution in [3.8, 4) is 11.4 Å². The Kier molecular flexibility index (Phi) is 4.98. The van der Waals surface area contributed by atoms with Crippen LogP contribution in [-0.4, -0.2) is 40.7 Å². The summed E-state index contributed by atoms with van der Waals surface area (Å²) in [5, 5.41) is 24.1. The summed E-state index contributed by atoms with van der Waals surface area (Å²) >= 11 is 5.91. The van der Waals surface area contributed by atoms with E-state index in [0.717, 1.165) is 11.2 Å². The second kappa shape index (κ2) is 7.73. The predicted octanol–water partition coefficient (Wildman–Crippen LogP) is 2.30. The van der Waals surface area contributed by atoms with E-state index >= 15 is 0 Å². The molecule has 4 aromatic rings. The first-order chi connectivity index (χ1) is 13.7. The molecule has 1 amide bonds. The number of hydrogen-bond donors (Lipinski definition) is 1. The van der Waals surface area contributed by atoms with Crippen molar-refractivity contribution in [2.75, 3.05) is 0 Å². The number of nitrogens with one attached hydrogen (secondary N) is 1. The fourth-order valence-electron chi connectivity index (χ4n) is 2.82. The second-order valence-electron chi connectivity index (χ2n) is 6.13. The fourth-order valence-corrected chi connectivity index (χ4v) is 2.95. The summed E-state index contributed by atoms with van der Waals surface area (Å²) in [6.07, 6.45) is 2.37. The topological polar surface area (TPSA) is 103 Å². The van der Waals surface area contributed by atoms with Gasteiger partial charge >= 0.3 is 0 Å². The van der Waals surface area contributed by atoms with Crippen LogP contribution in [-0.2, 0) is 11.3 Å². The van der Waals surface area contributed by atoms with Crippen LogP contribution in [0.5, 0.6) is 0 Å². The monoisotopic (exact) mass is 396 g/mol. The first-order valence-electron chi connectivity index (χ1n) is 8.77. The lowest BCUT2D eigenvalue weighted by atomic mass is 10.2. The molecule has 3 aromatic heterocycles. The van der Waals surface area contributed by atoms with Crippen molar-refractivity contribution in [3.05, 3.63) is 59.5 Å². The lowest BCUT2D eigenvalue weighted by molar-refractivity contribution is -0.125. The minimum absolute atomic E-state index is 0.213. The Morgan fingerprint density at radius 3 is 2.75 bits per heavy atom. The highest BCUT2D eigenvalue weighted by molar-refractivity contribution is 6.30. The maximum atomic E-state index is 12.7. The molecule has 0 fully saturated rings. The van der Waals surface area contributed by atoms with Gasteiger partial charge in [-0.25, -0.2) is 0 Å². The molecule has 0 saturated heterocycles. The molecule has 0 aliphatic carbocycles. The van der Waals surface area contributed by atoms with Crippen molar-refractivity contribution >= 4 is 23.2 Å². The molecule has 0 radical (unpaired) electrons. The molecule has 142 valence electrons. The lowest BCUT2D eigenvalue weighted by Gasteiger charge is -2.13. The minimum Gasteiger partial charge on any atom is -0.347 e. The van der Waals surface area contributed by atoms with Crippen LogP contribution in [0.1, 0.15) is 25.2 Å². The molecule has 9 nitrogen and oxygen atoms in total. The zero-order valence-electron chi connectivity index (χ0n) is 15.0. The molecular weight excluding hydrogens is 380 g/mol. The van der Waals surface area contributed by atoms with Crippen molar-refractivity contribution in [2.45, 2.75) is 25.9 Å². The van der Waals surface area contributed by atoms with E-state index in [1.165, 1.54) is 4.80 Å². The van der Waals surface area contributed by atoms with Crippen molar-refractivity contribution in [3.63, 3.8) is 0 Å². The third-order valence-electron chi connectivity index (χ3n) is 4.30. The number of amides is 1. The van der Waals surface area contributed by atoms with Gasteiger partial charge in [0.2, 0.25) is 11.7 Å². The van der Waals surface area contributed by atoms with E-state index in [2.05, 4.69) is 30.9 Å². The number of fused-ring (bicyclic) bond motifs is 1. The summed E-state index contributed by atoms with van der Waals surface area (Å²) in [6, 6.07) is 12.2. The summed E-state index contributed by atoms with van der Waals surface area (Å²) in [7, 11) is 0. The fraction of sp³-hybridized carbons (Fsp3) is 0.222. The standard InChI is InChI=1S/C18H17ClN8O/c1-2-14(27-24-17(23-25-27)12-6-8-13(19)9-7-12)18(28)20-11-16-22-21-15-5-3-4-10-26(15)16/h3-10,14H,2,11H2,1H3,(H,20,28)/t14-/m0/s1. The van der Waals surface area contributed by atoms with E-state index in [9.17, 15) is 4.79 Å². The SMILES string of the molecule is CC[C@@H](C(=O)NCc1nnc2ccccn12)n1nnc(-c2ccc(Cl)cc2)n1. The van der Waals surface area contributed by atoms with Crippen LogP contribution in [0, 0.1) is 0 Å². The number of nitrogens with zero attached hydrogens (tertiary/aromatic N) is 7. The Morgan fingerprint density at radius 2 is 1.96 bits per heavy atom. The van der Waals surface area contributed by atoms with Gasteiger partial charge < -0.3 is 5.32 Å². The third kappa shape index (κ3) is 3.56. The van der Waals surface area contributed by atoms with Crippen LogP contribution in [0.3, 0.4) is 0 Å². The van der Waals surface area contributed by atoms with Crippen LogP contribution in [0.2, 0.25) is 5.02 Å². The molecule has 1 aromatic carbocycles. The number of rotatable bonds is 6. The van der Waals surface area contributed by atoms with Gasteiger partial charge in [0, 0.05) is 16.8 Å². The van der Waals surface area contributed by atoms with Gasteiger partial charge in [-0.05, 0) is 48.0 Å². The molecule has 10 heteroatoms. The number of carbonyl (C=O) groups excluding carboxylic acids is 1. The number of carbonyl (C=O) groups is 1. The van der Waals surface area contributed by atoms with E-state index in [1.807, 2.05) is 35.7 Å². The Bertz CT molecular complexity index is 1100. The van der Waals surface area contributed by atoms with Gasteiger partial charge in [-0.15, -0.1) is 20.4 Å². The van der Waals surface area contributed by atoms with E-state index in [4.69, 9.17) is 11.6 Å². The zero-order chi connectivity index (χ0) is 19.5. The smallest absolute Gasteiger partial charge is 0.247 e. The molecule has 0 bridgehead atoms. The maximum absolute atomic E-state index is 12.7. The summed E-state index contributed by atoms with van der Waals surface area (Å²) in [5.74, 6) is 0.869. The van der Waals surface area contributed by atoms with E-state index in [-0.39, 0.29) is 12.5 Å². The number of hydrogen-bond acceptors (Lipinski definition) is 6. The molecule has 4 rings (SSSR count). The summed E-state index contributed by atoms with van der Waals surface area (Å²) in [5.41, 5.74) is 1.50. The maximum Gasteiger partial charge on any atom is 0.247 e. The highest BCUT2D eigenvalue weighted by Gasteiger charge is 2.22. The van der Waals surface area contributed by atoms with Gasteiger partial charge in [0.25, 0.3) is 0 Å². The van der Waals surface area contributed by atoms with Crippen molar-refractivity contribution < 1.29 is 4.79 Å². The van der Waals surface area contributed by atoms with Gasteiger partial charge in [-0.2, -0.15) is 4.80 Å². The van der Waals surface area contributed by atoms with Gasteiger partial charge in [0.05, 0.1) is 6.54 Å². The minimum atomic E-state index is -0.576. The average molecular weight is 397 g/mol. The molecule has 0 aliphatic rings. The highest BCUT2D eigenvalue weighted by atomic mass is 35.5. The Labute approximate surface area is 165 Å². The normalized spacial score (nSPS) is 12.2. The quantitative estimate of drug-likeness (QED) is 0.536. The molecule has 28 heavy (non-hydrogen) atoms. The summed E-state index contributed by atoms with van der Waals surface area (Å²) in [6.45, 7) is 2.14. The van der Waals surface area contributed by atoms with Gasteiger partial charge in [-0.1, -0.05) is 24.6 Å². The van der Waals surface area contributed by atoms with E-state index in [0.29, 0.717) is 23.1 Å². The number of tetrazole rings is 1.